The van der Waals surface area contributed by atoms with Crippen LogP contribution in [0.5, 0.6) is 0 Å². The third kappa shape index (κ3) is 1.58. The second-order valence-corrected chi connectivity index (χ2v) is 3.85. The highest BCUT2D eigenvalue weighted by molar-refractivity contribution is 5.64. The van der Waals surface area contributed by atoms with E-state index in [1.165, 1.54) is 11.1 Å². The minimum atomic E-state index is 0.276. The summed E-state index contributed by atoms with van der Waals surface area (Å²) >= 11 is 0. The fourth-order valence-electron chi connectivity index (χ4n) is 2.00. The van der Waals surface area contributed by atoms with Gasteiger partial charge in [0, 0.05) is 18.1 Å². The molecule has 0 bridgehead atoms. The Morgan fingerprint density at radius 2 is 1.81 bits per heavy atom. The number of aromatic nitrogens is 1. The summed E-state index contributed by atoms with van der Waals surface area (Å²) in [5.74, 6) is 0. The number of anilines is 1. The maximum Gasteiger partial charge on any atom is 0.0707 e. The first-order chi connectivity index (χ1) is 7.93. The minimum Gasteiger partial charge on any atom is -0.375 e. The molecule has 1 aliphatic carbocycles. The maximum absolute atomic E-state index is 4.01. The summed E-state index contributed by atoms with van der Waals surface area (Å²) in [6.07, 6.45) is 7.94. The van der Waals surface area contributed by atoms with Gasteiger partial charge in [-0.15, -0.1) is 0 Å². The number of fused-ring (bicyclic) bond motifs is 1. The van der Waals surface area contributed by atoms with Crippen molar-refractivity contribution in [1.82, 2.24) is 4.98 Å². The van der Waals surface area contributed by atoms with Crippen molar-refractivity contribution in [2.75, 3.05) is 5.32 Å². The molecule has 0 fully saturated rings. The van der Waals surface area contributed by atoms with E-state index in [-0.39, 0.29) is 6.04 Å². The Morgan fingerprint density at radius 1 is 1.00 bits per heavy atom. The fraction of sp³-hybridized carbons (Fsp3) is 0.0714. The van der Waals surface area contributed by atoms with Gasteiger partial charge in [-0.2, -0.15) is 0 Å². The van der Waals surface area contributed by atoms with Crippen LogP contribution in [-0.2, 0) is 0 Å². The van der Waals surface area contributed by atoms with Crippen LogP contribution in [0.15, 0.2) is 54.9 Å². The number of nitrogens with zero attached hydrogens (tertiary/aromatic N) is 1. The van der Waals surface area contributed by atoms with Crippen LogP contribution in [0.4, 0.5) is 5.69 Å². The van der Waals surface area contributed by atoms with Crippen molar-refractivity contribution in [2.24, 2.45) is 0 Å². The third-order valence-corrected chi connectivity index (χ3v) is 2.80. The molecule has 3 rings (SSSR count). The summed E-state index contributed by atoms with van der Waals surface area (Å²) < 4.78 is 0. The second-order valence-electron chi connectivity index (χ2n) is 3.85. The van der Waals surface area contributed by atoms with Crippen molar-refractivity contribution < 1.29 is 0 Å². The van der Waals surface area contributed by atoms with E-state index in [1.807, 2.05) is 12.1 Å². The van der Waals surface area contributed by atoms with Gasteiger partial charge in [0.25, 0.3) is 0 Å². The van der Waals surface area contributed by atoms with Crippen molar-refractivity contribution in [3.05, 3.63) is 66.0 Å². The van der Waals surface area contributed by atoms with E-state index in [9.17, 15) is 0 Å². The molecule has 78 valence electrons. The Balaban J connectivity index is 1.87. The van der Waals surface area contributed by atoms with Gasteiger partial charge in [0.2, 0.25) is 0 Å². The topological polar surface area (TPSA) is 24.9 Å². The number of rotatable bonds is 2. The van der Waals surface area contributed by atoms with Gasteiger partial charge in [-0.1, -0.05) is 36.4 Å². The Kier molecular flexibility index (Phi) is 2.18. The molecule has 1 aromatic heterocycles. The van der Waals surface area contributed by atoms with Crippen LogP contribution in [0.1, 0.15) is 17.2 Å². The lowest BCUT2D eigenvalue weighted by Crippen LogP contribution is -2.06. The van der Waals surface area contributed by atoms with Crippen molar-refractivity contribution in [1.29, 1.82) is 0 Å². The molecule has 0 saturated heterocycles. The summed E-state index contributed by atoms with van der Waals surface area (Å²) in [4.78, 5) is 4.01. The first-order valence-electron chi connectivity index (χ1n) is 5.37. The van der Waals surface area contributed by atoms with Gasteiger partial charge in [-0.05, 0) is 23.3 Å². The molecule has 2 heteroatoms. The molecule has 1 unspecified atom stereocenters. The molecule has 16 heavy (non-hydrogen) atoms. The fourth-order valence-corrected chi connectivity index (χ4v) is 2.00. The summed E-state index contributed by atoms with van der Waals surface area (Å²) in [7, 11) is 0. The quantitative estimate of drug-likeness (QED) is 0.819. The van der Waals surface area contributed by atoms with Crippen molar-refractivity contribution in [2.45, 2.75) is 6.04 Å². The predicted molar refractivity (Wildman–Crippen MR) is 66.1 cm³/mol. The molecule has 1 atom stereocenters. The van der Waals surface area contributed by atoms with Crippen LogP contribution in [0.25, 0.3) is 6.08 Å². The molecule has 1 aromatic carbocycles. The molecule has 0 saturated carbocycles. The van der Waals surface area contributed by atoms with Crippen LogP contribution < -0.4 is 5.32 Å². The van der Waals surface area contributed by atoms with Crippen molar-refractivity contribution in [3.8, 4) is 0 Å². The smallest absolute Gasteiger partial charge is 0.0707 e. The average Bonchev–Trinajstić information content (AvgIpc) is 2.74. The summed E-state index contributed by atoms with van der Waals surface area (Å²) in [5.41, 5.74) is 3.73. The Morgan fingerprint density at radius 3 is 2.69 bits per heavy atom. The molecular formula is C14H12N2. The Hall–Kier alpha value is -2.09. The monoisotopic (exact) mass is 208 g/mol. The largest absolute Gasteiger partial charge is 0.375 e. The molecule has 1 aliphatic rings. The van der Waals surface area contributed by atoms with Gasteiger partial charge in [-0.25, -0.2) is 0 Å². The maximum atomic E-state index is 4.01. The number of nitrogens with one attached hydrogen (secondary N) is 1. The summed E-state index contributed by atoms with van der Waals surface area (Å²) in [5, 5.41) is 3.47. The lowest BCUT2D eigenvalue weighted by Gasteiger charge is -2.14. The van der Waals surface area contributed by atoms with E-state index < -0.39 is 0 Å². The van der Waals surface area contributed by atoms with Crippen molar-refractivity contribution >= 4 is 11.8 Å². The van der Waals surface area contributed by atoms with Crippen LogP contribution in [-0.4, -0.2) is 4.98 Å². The van der Waals surface area contributed by atoms with Gasteiger partial charge >= 0.3 is 0 Å². The lowest BCUT2D eigenvalue weighted by molar-refractivity contribution is 1.00. The number of pyridine rings is 1. The summed E-state index contributed by atoms with van der Waals surface area (Å²) in [6.45, 7) is 0. The van der Waals surface area contributed by atoms with Crippen LogP contribution >= 0.6 is 0 Å². The van der Waals surface area contributed by atoms with E-state index in [4.69, 9.17) is 0 Å². The molecule has 2 aromatic rings. The van der Waals surface area contributed by atoms with Gasteiger partial charge in [0.05, 0.1) is 6.04 Å². The molecule has 0 radical (unpaired) electrons. The highest BCUT2D eigenvalue weighted by Gasteiger charge is 2.15. The van der Waals surface area contributed by atoms with E-state index in [0.29, 0.717) is 0 Å². The normalized spacial score (nSPS) is 17.1. The number of benzene rings is 1. The number of hydrogen-bond acceptors (Lipinski definition) is 2. The SMILES string of the molecule is C1=CC(Nc2ccncc2)c2ccccc21. The standard InChI is InChI=1S/C14H12N2/c1-2-4-13-11(3-1)5-6-14(13)16-12-7-9-15-10-8-12/h1-10,14H,(H,15,16). The molecular weight excluding hydrogens is 196 g/mol. The van der Waals surface area contributed by atoms with E-state index in [0.717, 1.165) is 5.69 Å². The van der Waals surface area contributed by atoms with E-state index in [1.54, 1.807) is 12.4 Å². The zero-order valence-corrected chi connectivity index (χ0v) is 8.80. The molecule has 1 N–H and O–H groups in total. The second kappa shape index (κ2) is 3.81. The zero-order valence-electron chi connectivity index (χ0n) is 8.80. The molecule has 2 nitrogen and oxygen atoms in total. The van der Waals surface area contributed by atoms with E-state index in [2.05, 4.69) is 46.7 Å². The van der Waals surface area contributed by atoms with Crippen LogP contribution in [0.2, 0.25) is 0 Å². The van der Waals surface area contributed by atoms with Crippen molar-refractivity contribution in [3.63, 3.8) is 0 Å². The number of hydrogen-bond donors (Lipinski definition) is 1. The first kappa shape index (κ1) is 9.16. The van der Waals surface area contributed by atoms with Crippen LogP contribution in [0.3, 0.4) is 0 Å². The van der Waals surface area contributed by atoms with Gasteiger partial charge < -0.3 is 5.32 Å². The minimum absolute atomic E-state index is 0.276. The molecule has 0 amide bonds. The molecule has 1 heterocycles. The Labute approximate surface area is 94.7 Å². The Bertz CT molecular complexity index is 517. The third-order valence-electron chi connectivity index (χ3n) is 2.80. The highest BCUT2D eigenvalue weighted by Crippen LogP contribution is 2.30. The lowest BCUT2D eigenvalue weighted by atomic mass is 10.1. The van der Waals surface area contributed by atoms with E-state index >= 15 is 0 Å². The van der Waals surface area contributed by atoms with Gasteiger partial charge in [0.15, 0.2) is 0 Å². The summed E-state index contributed by atoms with van der Waals surface area (Å²) in [6, 6.07) is 12.7. The van der Waals surface area contributed by atoms with Gasteiger partial charge in [-0.3, -0.25) is 4.98 Å². The average molecular weight is 208 g/mol. The molecule has 0 spiro atoms. The predicted octanol–water partition coefficient (Wildman–Crippen LogP) is 3.26. The first-order valence-corrected chi connectivity index (χ1v) is 5.37. The highest BCUT2D eigenvalue weighted by atomic mass is 14.9. The zero-order chi connectivity index (χ0) is 10.8. The molecule has 0 aliphatic heterocycles. The van der Waals surface area contributed by atoms with Crippen LogP contribution in [0, 0.1) is 0 Å². The van der Waals surface area contributed by atoms with Gasteiger partial charge in [0.1, 0.15) is 0 Å².